The van der Waals surface area contributed by atoms with Crippen LogP contribution in [-0.4, -0.2) is 32.1 Å². The molecule has 1 aromatic rings. The number of nitriles is 2. The number of benzene rings is 1. The van der Waals surface area contributed by atoms with Gasteiger partial charge >= 0.3 is 0 Å². The molecule has 112 valence electrons. The maximum atomic E-state index is 13.4. The first kappa shape index (κ1) is 15.5. The van der Waals surface area contributed by atoms with Gasteiger partial charge in [-0.15, -0.1) is 0 Å². The molecule has 0 bridgehead atoms. The number of halogens is 2. The summed E-state index contributed by atoms with van der Waals surface area (Å²) >= 11 is 0. The van der Waals surface area contributed by atoms with Crippen molar-refractivity contribution in [2.24, 2.45) is 0 Å². The van der Waals surface area contributed by atoms with E-state index in [0.29, 0.717) is 24.4 Å². The molecule has 0 unspecified atom stereocenters. The zero-order valence-corrected chi connectivity index (χ0v) is 12.3. The van der Waals surface area contributed by atoms with Gasteiger partial charge < -0.3 is 9.80 Å². The van der Waals surface area contributed by atoms with Crippen molar-refractivity contribution >= 4 is 5.69 Å². The molecule has 1 heterocycles. The fourth-order valence-corrected chi connectivity index (χ4v) is 2.34. The van der Waals surface area contributed by atoms with Crippen molar-refractivity contribution < 1.29 is 8.78 Å². The standard InChI is InChI=1S/C16H14F2N4/c1-21(2)8-12-9-22(10-14(12)11(6-19)7-20)13-3-4-15(17)16(18)5-13/h3-5,8H,9-10H2,1-2H3. The maximum absolute atomic E-state index is 13.4. The van der Waals surface area contributed by atoms with Crippen molar-refractivity contribution in [2.45, 2.75) is 0 Å². The number of rotatable bonds is 2. The Balaban J connectivity index is 2.43. The molecule has 0 radical (unpaired) electrons. The van der Waals surface area contributed by atoms with E-state index in [1.54, 1.807) is 4.90 Å². The summed E-state index contributed by atoms with van der Waals surface area (Å²) in [5.41, 5.74) is 1.98. The van der Waals surface area contributed by atoms with E-state index < -0.39 is 11.6 Å². The lowest BCUT2D eigenvalue weighted by Gasteiger charge is -2.17. The highest BCUT2D eigenvalue weighted by Crippen LogP contribution is 2.30. The Hall–Kier alpha value is -2.86. The molecule has 0 aliphatic carbocycles. The van der Waals surface area contributed by atoms with Gasteiger partial charge in [0.25, 0.3) is 0 Å². The van der Waals surface area contributed by atoms with Gasteiger partial charge in [-0.1, -0.05) is 0 Å². The Morgan fingerprint density at radius 2 is 1.86 bits per heavy atom. The SMILES string of the molecule is CN(C)C=C1CN(c2ccc(F)c(F)c2)CC1=C(C#N)C#N. The van der Waals surface area contributed by atoms with Crippen molar-refractivity contribution in [3.8, 4) is 12.1 Å². The van der Waals surface area contributed by atoms with E-state index in [-0.39, 0.29) is 5.57 Å². The minimum Gasteiger partial charge on any atom is -0.383 e. The number of hydrogen-bond acceptors (Lipinski definition) is 4. The monoisotopic (exact) mass is 300 g/mol. The fourth-order valence-electron chi connectivity index (χ4n) is 2.34. The average molecular weight is 300 g/mol. The van der Waals surface area contributed by atoms with Crippen LogP contribution >= 0.6 is 0 Å². The van der Waals surface area contributed by atoms with Crippen LogP contribution in [0.3, 0.4) is 0 Å². The second-order valence-electron chi connectivity index (χ2n) is 5.15. The molecule has 4 nitrogen and oxygen atoms in total. The summed E-state index contributed by atoms with van der Waals surface area (Å²) in [7, 11) is 3.67. The zero-order valence-electron chi connectivity index (χ0n) is 12.3. The van der Waals surface area contributed by atoms with E-state index >= 15 is 0 Å². The average Bonchev–Trinajstić information content (AvgIpc) is 2.86. The molecule has 0 atom stereocenters. The van der Waals surface area contributed by atoms with Crippen LogP contribution in [0.1, 0.15) is 0 Å². The van der Waals surface area contributed by atoms with Crippen molar-refractivity contribution in [3.63, 3.8) is 0 Å². The molecule has 1 aliphatic heterocycles. The van der Waals surface area contributed by atoms with Gasteiger partial charge in [0.15, 0.2) is 11.6 Å². The Labute approximate surface area is 127 Å². The third kappa shape index (κ3) is 3.07. The first-order valence-corrected chi connectivity index (χ1v) is 6.57. The maximum Gasteiger partial charge on any atom is 0.160 e. The van der Waals surface area contributed by atoms with Crippen molar-refractivity contribution in [1.82, 2.24) is 4.90 Å². The highest BCUT2D eigenvalue weighted by Gasteiger charge is 2.26. The molecule has 6 heteroatoms. The molecule has 0 N–H and O–H groups in total. The number of allylic oxidation sites excluding steroid dienone is 1. The molecule has 0 aromatic heterocycles. The lowest BCUT2D eigenvalue weighted by Crippen LogP contribution is -2.18. The van der Waals surface area contributed by atoms with Gasteiger partial charge in [0.1, 0.15) is 17.7 Å². The summed E-state index contributed by atoms with van der Waals surface area (Å²) in [5.74, 6) is -1.83. The highest BCUT2D eigenvalue weighted by molar-refractivity contribution is 5.61. The van der Waals surface area contributed by atoms with Crippen LogP contribution in [0.5, 0.6) is 0 Å². The van der Waals surface area contributed by atoms with E-state index in [0.717, 1.165) is 17.7 Å². The van der Waals surface area contributed by atoms with E-state index in [1.807, 2.05) is 37.3 Å². The zero-order chi connectivity index (χ0) is 16.3. The Bertz CT molecular complexity index is 719. The highest BCUT2D eigenvalue weighted by atomic mass is 19.2. The molecule has 1 aromatic carbocycles. The van der Waals surface area contributed by atoms with Crippen LogP contribution < -0.4 is 4.90 Å². The molecule has 1 aliphatic rings. The Morgan fingerprint density at radius 1 is 1.18 bits per heavy atom. The van der Waals surface area contributed by atoms with Gasteiger partial charge in [-0.05, 0) is 17.7 Å². The van der Waals surface area contributed by atoms with Crippen LogP contribution in [0.25, 0.3) is 0 Å². The van der Waals surface area contributed by atoms with Crippen LogP contribution in [0.4, 0.5) is 14.5 Å². The number of anilines is 1. The molecule has 1 fully saturated rings. The molecule has 0 saturated carbocycles. The third-order valence-corrected chi connectivity index (χ3v) is 3.31. The Kier molecular flexibility index (Phi) is 4.43. The van der Waals surface area contributed by atoms with Crippen molar-refractivity contribution in [2.75, 3.05) is 32.1 Å². The summed E-state index contributed by atoms with van der Waals surface area (Å²) in [4.78, 5) is 3.61. The first-order valence-electron chi connectivity index (χ1n) is 6.57. The van der Waals surface area contributed by atoms with E-state index in [4.69, 9.17) is 10.5 Å². The second-order valence-corrected chi connectivity index (χ2v) is 5.15. The van der Waals surface area contributed by atoms with Crippen LogP contribution in [0, 0.1) is 34.3 Å². The summed E-state index contributed by atoms with van der Waals surface area (Å²) in [6, 6.07) is 7.44. The summed E-state index contributed by atoms with van der Waals surface area (Å²) in [6.45, 7) is 0.729. The van der Waals surface area contributed by atoms with Crippen LogP contribution in [0.2, 0.25) is 0 Å². The molecule has 2 rings (SSSR count). The van der Waals surface area contributed by atoms with Crippen LogP contribution in [-0.2, 0) is 0 Å². The molecule has 1 saturated heterocycles. The lowest BCUT2D eigenvalue weighted by atomic mass is 10.1. The normalized spacial score (nSPS) is 15.6. The minimum absolute atomic E-state index is 0.0400. The third-order valence-electron chi connectivity index (χ3n) is 3.31. The Morgan fingerprint density at radius 3 is 2.41 bits per heavy atom. The van der Waals surface area contributed by atoms with Crippen molar-refractivity contribution in [1.29, 1.82) is 10.5 Å². The number of nitrogens with zero attached hydrogens (tertiary/aromatic N) is 4. The molecule has 0 amide bonds. The van der Waals surface area contributed by atoms with E-state index in [1.165, 1.54) is 6.07 Å². The quantitative estimate of drug-likeness (QED) is 0.788. The molecular formula is C16H14F2N4. The van der Waals surface area contributed by atoms with Gasteiger partial charge in [-0.3, -0.25) is 0 Å². The summed E-state index contributed by atoms with van der Waals surface area (Å²) in [5, 5.41) is 18.2. The van der Waals surface area contributed by atoms with Gasteiger partial charge in [0.05, 0.1) is 0 Å². The minimum atomic E-state index is -0.922. The molecule has 22 heavy (non-hydrogen) atoms. The van der Waals surface area contributed by atoms with E-state index in [2.05, 4.69) is 0 Å². The first-order chi connectivity index (χ1) is 10.5. The van der Waals surface area contributed by atoms with Gasteiger partial charge in [0.2, 0.25) is 0 Å². The largest absolute Gasteiger partial charge is 0.383 e. The lowest BCUT2D eigenvalue weighted by molar-refractivity contribution is 0.508. The second kappa shape index (κ2) is 6.28. The smallest absolute Gasteiger partial charge is 0.160 e. The molecular weight excluding hydrogens is 286 g/mol. The fraction of sp³-hybridized carbons (Fsp3) is 0.250. The van der Waals surface area contributed by atoms with Gasteiger partial charge in [-0.25, -0.2) is 8.78 Å². The van der Waals surface area contributed by atoms with E-state index in [9.17, 15) is 8.78 Å². The number of hydrogen-bond donors (Lipinski definition) is 0. The molecule has 0 spiro atoms. The predicted molar refractivity (Wildman–Crippen MR) is 78.6 cm³/mol. The van der Waals surface area contributed by atoms with Gasteiger partial charge in [0, 0.05) is 50.7 Å². The topological polar surface area (TPSA) is 54.1 Å². The van der Waals surface area contributed by atoms with Crippen LogP contribution in [0.15, 0.2) is 41.1 Å². The van der Waals surface area contributed by atoms with Crippen molar-refractivity contribution in [3.05, 3.63) is 52.8 Å². The summed E-state index contributed by atoms with van der Waals surface area (Å²) in [6.07, 6.45) is 1.82. The van der Waals surface area contributed by atoms with Gasteiger partial charge in [-0.2, -0.15) is 10.5 Å². The predicted octanol–water partition coefficient (Wildman–Crippen LogP) is 2.57. The summed E-state index contributed by atoms with van der Waals surface area (Å²) < 4.78 is 26.4.